The summed E-state index contributed by atoms with van der Waals surface area (Å²) < 4.78 is 2.44. The standard InChI is InChI=1S/C17H17N/c1-2-18-15-8-4-3-6-14(15)17-13(12-10-11-12)7-5-9-16(17)18/h3-9,12H,2,10-11H2,1H3. The smallest absolute Gasteiger partial charge is 0.0494 e. The maximum Gasteiger partial charge on any atom is 0.0494 e. The highest BCUT2D eigenvalue weighted by Crippen LogP contribution is 2.45. The number of hydrogen-bond acceptors (Lipinski definition) is 0. The lowest BCUT2D eigenvalue weighted by molar-refractivity contribution is 0.827. The molecular formula is C17H17N. The van der Waals surface area contributed by atoms with E-state index < -0.39 is 0 Å². The summed E-state index contributed by atoms with van der Waals surface area (Å²) in [5.41, 5.74) is 4.35. The van der Waals surface area contributed by atoms with Crippen LogP contribution in [0.2, 0.25) is 0 Å². The van der Waals surface area contributed by atoms with Crippen molar-refractivity contribution >= 4 is 21.8 Å². The van der Waals surface area contributed by atoms with Gasteiger partial charge in [0.15, 0.2) is 0 Å². The molecule has 2 aromatic carbocycles. The van der Waals surface area contributed by atoms with Crippen LogP contribution in [-0.2, 0) is 6.54 Å². The van der Waals surface area contributed by atoms with E-state index in [9.17, 15) is 0 Å². The van der Waals surface area contributed by atoms with Gasteiger partial charge in [0.05, 0.1) is 0 Å². The molecular weight excluding hydrogens is 218 g/mol. The Morgan fingerprint density at radius 2 is 1.78 bits per heavy atom. The first-order valence-electron chi connectivity index (χ1n) is 6.90. The van der Waals surface area contributed by atoms with E-state index in [0.717, 1.165) is 12.5 Å². The van der Waals surface area contributed by atoms with Crippen LogP contribution in [0.4, 0.5) is 0 Å². The molecule has 1 heteroatoms. The number of rotatable bonds is 2. The van der Waals surface area contributed by atoms with Crippen LogP contribution in [0.1, 0.15) is 31.2 Å². The Morgan fingerprint density at radius 1 is 1.00 bits per heavy atom. The molecule has 1 saturated carbocycles. The minimum absolute atomic E-state index is 0.810. The molecule has 0 N–H and O–H groups in total. The molecule has 0 atom stereocenters. The monoisotopic (exact) mass is 235 g/mol. The summed E-state index contributed by atoms with van der Waals surface area (Å²) in [4.78, 5) is 0. The second-order valence-electron chi connectivity index (χ2n) is 5.28. The van der Waals surface area contributed by atoms with Gasteiger partial charge in [-0.1, -0.05) is 30.3 Å². The number of aromatic nitrogens is 1. The predicted octanol–water partition coefficient (Wildman–Crippen LogP) is 4.69. The lowest BCUT2D eigenvalue weighted by Crippen LogP contribution is -1.92. The van der Waals surface area contributed by atoms with Crippen molar-refractivity contribution in [3.63, 3.8) is 0 Å². The average molecular weight is 235 g/mol. The minimum atomic E-state index is 0.810. The molecule has 90 valence electrons. The third-order valence-corrected chi connectivity index (χ3v) is 4.16. The molecule has 0 aliphatic heterocycles. The van der Waals surface area contributed by atoms with Crippen molar-refractivity contribution in [2.24, 2.45) is 0 Å². The molecule has 0 spiro atoms. The fourth-order valence-corrected chi connectivity index (χ4v) is 3.20. The molecule has 0 radical (unpaired) electrons. The number of nitrogens with zero attached hydrogens (tertiary/aromatic N) is 1. The van der Waals surface area contributed by atoms with Gasteiger partial charge in [0.2, 0.25) is 0 Å². The Kier molecular flexibility index (Phi) is 2.05. The topological polar surface area (TPSA) is 4.93 Å². The summed E-state index contributed by atoms with van der Waals surface area (Å²) in [6.07, 6.45) is 2.73. The lowest BCUT2D eigenvalue weighted by atomic mass is 10.0. The van der Waals surface area contributed by atoms with Crippen LogP contribution in [0.5, 0.6) is 0 Å². The van der Waals surface area contributed by atoms with E-state index in [2.05, 4.69) is 54.0 Å². The largest absolute Gasteiger partial charge is 0.341 e. The van der Waals surface area contributed by atoms with E-state index in [1.54, 1.807) is 5.56 Å². The first-order valence-corrected chi connectivity index (χ1v) is 6.90. The molecule has 18 heavy (non-hydrogen) atoms. The zero-order chi connectivity index (χ0) is 12.1. The van der Waals surface area contributed by atoms with Crippen molar-refractivity contribution in [2.45, 2.75) is 32.2 Å². The van der Waals surface area contributed by atoms with Crippen molar-refractivity contribution in [3.8, 4) is 0 Å². The van der Waals surface area contributed by atoms with Crippen LogP contribution >= 0.6 is 0 Å². The Bertz CT molecular complexity index is 732. The first kappa shape index (κ1) is 10.2. The number of benzene rings is 2. The summed E-state index contributed by atoms with van der Waals surface area (Å²) in [6.45, 7) is 3.27. The summed E-state index contributed by atoms with van der Waals surface area (Å²) >= 11 is 0. The van der Waals surface area contributed by atoms with E-state index >= 15 is 0 Å². The fraction of sp³-hybridized carbons (Fsp3) is 0.294. The SMILES string of the molecule is CCn1c2ccccc2c2c(C3CC3)cccc21. The van der Waals surface area contributed by atoms with Crippen molar-refractivity contribution < 1.29 is 0 Å². The van der Waals surface area contributed by atoms with Gasteiger partial charge in [-0.25, -0.2) is 0 Å². The van der Waals surface area contributed by atoms with Gasteiger partial charge in [-0.3, -0.25) is 0 Å². The number of fused-ring (bicyclic) bond motifs is 3. The van der Waals surface area contributed by atoms with E-state index in [0.29, 0.717) is 0 Å². The maximum atomic E-state index is 2.44. The molecule has 4 rings (SSSR count). The van der Waals surface area contributed by atoms with E-state index in [1.165, 1.54) is 34.6 Å². The first-order chi connectivity index (χ1) is 8.90. The molecule has 1 nitrogen and oxygen atoms in total. The predicted molar refractivity (Wildman–Crippen MR) is 77.1 cm³/mol. The summed E-state index contributed by atoms with van der Waals surface area (Å²) in [6, 6.07) is 15.6. The van der Waals surface area contributed by atoms with E-state index in [-0.39, 0.29) is 0 Å². The van der Waals surface area contributed by atoms with Crippen LogP contribution < -0.4 is 0 Å². The average Bonchev–Trinajstić information content (AvgIpc) is 3.20. The Morgan fingerprint density at radius 3 is 2.56 bits per heavy atom. The molecule has 0 saturated heterocycles. The molecule has 1 heterocycles. The van der Waals surface area contributed by atoms with Gasteiger partial charge in [-0.15, -0.1) is 0 Å². The van der Waals surface area contributed by atoms with Crippen LogP contribution in [0, 0.1) is 0 Å². The van der Waals surface area contributed by atoms with Crippen molar-refractivity contribution in [3.05, 3.63) is 48.0 Å². The molecule has 1 aliphatic carbocycles. The highest BCUT2D eigenvalue weighted by molar-refractivity contribution is 6.10. The zero-order valence-corrected chi connectivity index (χ0v) is 10.7. The number of aryl methyl sites for hydroxylation is 1. The van der Waals surface area contributed by atoms with E-state index in [4.69, 9.17) is 0 Å². The highest BCUT2D eigenvalue weighted by atomic mass is 15.0. The van der Waals surface area contributed by atoms with Crippen LogP contribution in [0.25, 0.3) is 21.8 Å². The van der Waals surface area contributed by atoms with Gasteiger partial charge in [0, 0.05) is 28.4 Å². The second-order valence-corrected chi connectivity index (χ2v) is 5.28. The van der Waals surface area contributed by atoms with Crippen molar-refractivity contribution in [2.75, 3.05) is 0 Å². The van der Waals surface area contributed by atoms with Crippen LogP contribution in [0.3, 0.4) is 0 Å². The van der Waals surface area contributed by atoms with Gasteiger partial charge in [0.25, 0.3) is 0 Å². The normalized spacial score (nSPS) is 15.6. The van der Waals surface area contributed by atoms with Crippen molar-refractivity contribution in [1.82, 2.24) is 4.57 Å². The maximum absolute atomic E-state index is 2.44. The van der Waals surface area contributed by atoms with Gasteiger partial charge in [0.1, 0.15) is 0 Å². The molecule has 1 aliphatic rings. The van der Waals surface area contributed by atoms with Crippen LogP contribution in [-0.4, -0.2) is 4.57 Å². The Labute approximate surface area is 107 Å². The van der Waals surface area contributed by atoms with E-state index in [1.807, 2.05) is 0 Å². The second kappa shape index (κ2) is 3.61. The Hall–Kier alpha value is -1.76. The minimum Gasteiger partial charge on any atom is -0.341 e. The molecule has 0 bridgehead atoms. The third-order valence-electron chi connectivity index (χ3n) is 4.16. The quantitative estimate of drug-likeness (QED) is 0.607. The summed E-state index contributed by atoms with van der Waals surface area (Å²) in [5.74, 6) is 0.810. The summed E-state index contributed by atoms with van der Waals surface area (Å²) in [7, 11) is 0. The van der Waals surface area contributed by atoms with Crippen LogP contribution in [0.15, 0.2) is 42.5 Å². The van der Waals surface area contributed by atoms with Gasteiger partial charge < -0.3 is 4.57 Å². The molecule has 0 amide bonds. The fourth-order valence-electron chi connectivity index (χ4n) is 3.20. The van der Waals surface area contributed by atoms with Gasteiger partial charge in [-0.2, -0.15) is 0 Å². The van der Waals surface area contributed by atoms with Gasteiger partial charge in [-0.05, 0) is 43.4 Å². The lowest BCUT2D eigenvalue weighted by Gasteiger charge is -2.04. The van der Waals surface area contributed by atoms with Gasteiger partial charge >= 0.3 is 0 Å². The Balaban J connectivity index is 2.22. The highest BCUT2D eigenvalue weighted by Gasteiger charge is 2.26. The zero-order valence-electron chi connectivity index (χ0n) is 10.7. The molecule has 1 aromatic heterocycles. The van der Waals surface area contributed by atoms with Crippen molar-refractivity contribution in [1.29, 1.82) is 0 Å². The molecule has 1 fully saturated rings. The summed E-state index contributed by atoms with van der Waals surface area (Å²) in [5, 5.41) is 2.93. The number of para-hydroxylation sites is 1. The third kappa shape index (κ3) is 1.28. The molecule has 0 unspecified atom stereocenters. The molecule has 3 aromatic rings. The number of hydrogen-bond donors (Lipinski definition) is 0.